The molecule has 0 radical (unpaired) electrons. The highest BCUT2D eigenvalue weighted by Crippen LogP contribution is 2.25. The summed E-state index contributed by atoms with van der Waals surface area (Å²) >= 11 is 3.38. The molecule has 0 aliphatic carbocycles. The van der Waals surface area contributed by atoms with Crippen molar-refractivity contribution in [2.24, 2.45) is 0 Å². The average molecular weight is 361 g/mol. The summed E-state index contributed by atoms with van der Waals surface area (Å²) in [5.41, 5.74) is 2.98. The lowest BCUT2D eigenvalue weighted by Crippen LogP contribution is -2.03. The predicted octanol–water partition coefficient (Wildman–Crippen LogP) is 4.15. The second-order valence-electron chi connectivity index (χ2n) is 4.90. The van der Waals surface area contributed by atoms with Crippen molar-refractivity contribution in [3.05, 3.63) is 69.2 Å². The molecule has 0 saturated carbocycles. The third-order valence-electron chi connectivity index (χ3n) is 3.31. The number of benzene rings is 2. The Morgan fingerprint density at radius 3 is 2.55 bits per heavy atom. The van der Waals surface area contributed by atoms with Gasteiger partial charge in [-0.05, 0) is 47.9 Å². The van der Waals surface area contributed by atoms with E-state index in [0.29, 0.717) is 11.3 Å². The van der Waals surface area contributed by atoms with Crippen molar-refractivity contribution in [3.8, 4) is 5.75 Å². The third kappa shape index (κ3) is 3.84. The predicted molar refractivity (Wildman–Crippen MR) is 91.2 cm³/mol. The Kier molecular flexibility index (Phi) is 5.52. The largest absolute Gasteiger partial charge is 0.496 e. The molecular formula is C18H17BrO3. The van der Waals surface area contributed by atoms with Crippen molar-refractivity contribution in [1.82, 2.24) is 0 Å². The van der Waals surface area contributed by atoms with Gasteiger partial charge in [0.1, 0.15) is 5.75 Å². The Balaban J connectivity index is 2.31. The van der Waals surface area contributed by atoms with E-state index >= 15 is 0 Å². The van der Waals surface area contributed by atoms with Crippen LogP contribution in [0.3, 0.4) is 0 Å². The first kappa shape index (κ1) is 16.5. The molecule has 0 amide bonds. The Morgan fingerprint density at radius 2 is 1.95 bits per heavy atom. The van der Waals surface area contributed by atoms with Crippen LogP contribution >= 0.6 is 15.9 Å². The van der Waals surface area contributed by atoms with E-state index in [1.165, 1.54) is 13.2 Å². The first-order chi connectivity index (χ1) is 10.5. The van der Waals surface area contributed by atoms with Crippen molar-refractivity contribution >= 4 is 27.8 Å². The molecule has 4 heteroatoms. The lowest BCUT2D eigenvalue weighted by Gasteiger charge is -2.11. The molecule has 2 aromatic rings. The molecular weight excluding hydrogens is 344 g/mol. The van der Waals surface area contributed by atoms with Crippen LogP contribution in [0, 0.1) is 6.92 Å². The van der Waals surface area contributed by atoms with Crippen molar-refractivity contribution in [2.45, 2.75) is 13.5 Å². The van der Waals surface area contributed by atoms with Crippen LogP contribution in [0.5, 0.6) is 5.75 Å². The molecule has 0 aromatic heterocycles. The average Bonchev–Trinajstić information content (AvgIpc) is 2.53. The molecule has 0 fully saturated rings. The topological polar surface area (TPSA) is 46.5 Å². The zero-order chi connectivity index (χ0) is 16.1. The van der Waals surface area contributed by atoms with Gasteiger partial charge in [-0.1, -0.05) is 40.2 Å². The third-order valence-corrected chi connectivity index (χ3v) is 3.83. The van der Waals surface area contributed by atoms with Crippen molar-refractivity contribution in [1.29, 1.82) is 0 Å². The number of rotatable bonds is 5. The lowest BCUT2D eigenvalue weighted by molar-refractivity contribution is 0.104. The van der Waals surface area contributed by atoms with Crippen LogP contribution in [0.15, 0.2) is 46.9 Å². The molecule has 0 heterocycles. The lowest BCUT2D eigenvalue weighted by atomic mass is 9.99. The van der Waals surface area contributed by atoms with Gasteiger partial charge >= 0.3 is 0 Å². The summed E-state index contributed by atoms with van der Waals surface area (Å²) in [6, 6.07) is 11.2. The SMILES string of the molecule is COc1cc(CO)cc(C)c1C(=O)/C=C/c1ccc(Br)cc1. The van der Waals surface area contributed by atoms with Gasteiger partial charge in [-0.15, -0.1) is 0 Å². The number of ether oxygens (including phenoxy) is 1. The molecule has 0 bridgehead atoms. The van der Waals surface area contributed by atoms with Crippen LogP contribution in [0.1, 0.15) is 27.0 Å². The maximum absolute atomic E-state index is 12.4. The maximum Gasteiger partial charge on any atom is 0.189 e. The smallest absolute Gasteiger partial charge is 0.189 e. The van der Waals surface area contributed by atoms with Crippen molar-refractivity contribution < 1.29 is 14.6 Å². The normalized spacial score (nSPS) is 10.9. The maximum atomic E-state index is 12.4. The van der Waals surface area contributed by atoms with Gasteiger partial charge < -0.3 is 9.84 Å². The minimum Gasteiger partial charge on any atom is -0.496 e. The molecule has 114 valence electrons. The summed E-state index contributed by atoms with van der Waals surface area (Å²) in [5, 5.41) is 9.23. The van der Waals surface area contributed by atoms with E-state index in [9.17, 15) is 9.90 Å². The highest BCUT2D eigenvalue weighted by molar-refractivity contribution is 9.10. The molecule has 0 saturated heterocycles. The summed E-state index contributed by atoms with van der Waals surface area (Å²) in [6.45, 7) is 1.75. The molecule has 0 atom stereocenters. The van der Waals surface area contributed by atoms with E-state index in [-0.39, 0.29) is 12.4 Å². The van der Waals surface area contributed by atoms with Crippen LogP contribution < -0.4 is 4.74 Å². The number of allylic oxidation sites excluding steroid dienone is 1. The summed E-state index contributed by atoms with van der Waals surface area (Å²) in [4.78, 5) is 12.4. The fourth-order valence-corrected chi connectivity index (χ4v) is 2.49. The summed E-state index contributed by atoms with van der Waals surface area (Å²) < 4.78 is 6.28. The van der Waals surface area contributed by atoms with Gasteiger partial charge in [0.25, 0.3) is 0 Å². The number of aliphatic hydroxyl groups is 1. The van der Waals surface area contributed by atoms with Crippen LogP contribution in [0.4, 0.5) is 0 Å². The molecule has 2 rings (SSSR count). The fraction of sp³-hybridized carbons (Fsp3) is 0.167. The van der Waals surface area contributed by atoms with Gasteiger partial charge in [-0.3, -0.25) is 4.79 Å². The second kappa shape index (κ2) is 7.38. The molecule has 0 aliphatic heterocycles. The number of aliphatic hydroxyl groups excluding tert-OH is 1. The van der Waals surface area contributed by atoms with E-state index in [1.54, 1.807) is 18.2 Å². The quantitative estimate of drug-likeness (QED) is 0.643. The fourth-order valence-electron chi connectivity index (χ4n) is 2.22. The summed E-state index contributed by atoms with van der Waals surface area (Å²) in [6.07, 6.45) is 3.31. The molecule has 22 heavy (non-hydrogen) atoms. The van der Waals surface area contributed by atoms with Gasteiger partial charge in [0.15, 0.2) is 5.78 Å². The number of methoxy groups -OCH3 is 1. The number of ketones is 1. The van der Waals surface area contributed by atoms with Gasteiger partial charge in [-0.2, -0.15) is 0 Å². The van der Waals surface area contributed by atoms with Gasteiger partial charge in [0.05, 0.1) is 19.3 Å². The molecule has 3 nitrogen and oxygen atoms in total. The first-order valence-corrected chi connectivity index (χ1v) is 7.61. The Morgan fingerprint density at radius 1 is 1.27 bits per heavy atom. The molecule has 0 spiro atoms. The Hall–Kier alpha value is -1.91. The number of hydrogen-bond acceptors (Lipinski definition) is 3. The van der Waals surface area contributed by atoms with Crippen LogP contribution in [-0.4, -0.2) is 18.0 Å². The number of carbonyl (C=O) groups excluding carboxylic acids is 1. The number of hydrogen-bond donors (Lipinski definition) is 1. The second-order valence-corrected chi connectivity index (χ2v) is 5.81. The molecule has 0 unspecified atom stereocenters. The highest BCUT2D eigenvalue weighted by Gasteiger charge is 2.14. The summed E-state index contributed by atoms with van der Waals surface area (Å²) in [5.74, 6) is 0.358. The Bertz CT molecular complexity index is 703. The number of aryl methyl sites for hydroxylation is 1. The van der Waals surface area contributed by atoms with E-state index in [4.69, 9.17) is 4.74 Å². The minimum atomic E-state index is -0.123. The zero-order valence-electron chi connectivity index (χ0n) is 12.5. The zero-order valence-corrected chi connectivity index (χ0v) is 14.1. The standard InChI is InChI=1S/C18H17BrO3/c1-12-9-14(11-20)10-17(22-2)18(12)16(21)8-5-13-3-6-15(19)7-4-13/h3-10,20H,11H2,1-2H3/b8-5+. The molecule has 1 N–H and O–H groups in total. The van der Waals surface area contributed by atoms with Crippen molar-refractivity contribution in [2.75, 3.05) is 7.11 Å². The number of halogens is 1. The van der Waals surface area contributed by atoms with Gasteiger partial charge in [0.2, 0.25) is 0 Å². The summed E-state index contributed by atoms with van der Waals surface area (Å²) in [7, 11) is 1.52. The van der Waals surface area contributed by atoms with Crippen LogP contribution in [-0.2, 0) is 6.61 Å². The van der Waals surface area contributed by atoms with Crippen molar-refractivity contribution in [3.63, 3.8) is 0 Å². The van der Waals surface area contributed by atoms with Gasteiger partial charge in [-0.25, -0.2) is 0 Å². The van der Waals surface area contributed by atoms with E-state index in [0.717, 1.165) is 21.2 Å². The van der Waals surface area contributed by atoms with E-state index in [1.807, 2.05) is 31.2 Å². The number of carbonyl (C=O) groups is 1. The first-order valence-electron chi connectivity index (χ1n) is 6.81. The Labute approximate surface area is 138 Å². The van der Waals surface area contributed by atoms with Crippen LogP contribution in [0.25, 0.3) is 6.08 Å². The van der Waals surface area contributed by atoms with Crippen LogP contribution in [0.2, 0.25) is 0 Å². The monoisotopic (exact) mass is 360 g/mol. The minimum absolute atomic E-state index is 0.0829. The molecule has 2 aromatic carbocycles. The molecule has 0 aliphatic rings. The van der Waals surface area contributed by atoms with E-state index < -0.39 is 0 Å². The van der Waals surface area contributed by atoms with Gasteiger partial charge in [0, 0.05) is 4.47 Å². The highest BCUT2D eigenvalue weighted by atomic mass is 79.9. The van der Waals surface area contributed by atoms with E-state index in [2.05, 4.69) is 15.9 Å².